The molecule has 2 N–H and O–H groups in total. The van der Waals surface area contributed by atoms with E-state index in [0.29, 0.717) is 24.7 Å². The number of aromatic nitrogens is 2. The highest BCUT2D eigenvalue weighted by Crippen LogP contribution is 2.20. The first-order chi connectivity index (χ1) is 9.95. The predicted molar refractivity (Wildman–Crippen MR) is 71.7 cm³/mol. The van der Waals surface area contributed by atoms with Crippen molar-refractivity contribution >= 4 is 11.9 Å². The van der Waals surface area contributed by atoms with Gasteiger partial charge in [-0.2, -0.15) is 0 Å². The number of H-pyrrole nitrogens is 1. The van der Waals surface area contributed by atoms with Crippen LogP contribution in [-0.2, 0) is 14.3 Å². The molecule has 0 unspecified atom stereocenters. The minimum atomic E-state index is -1.000. The van der Waals surface area contributed by atoms with Crippen molar-refractivity contribution in [2.45, 2.75) is 25.9 Å². The van der Waals surface area contributed by atoms with Crippen LogP contribution in [-0.4, -0.2) is 51.5 Å². The van der Waals surface area contributed by atoms with Gasteiger partial charge in [0.15, 0.2) is 0 Å². The molecule has 1 aliphatic heterocycles. The van der Waals surface area contributed by atoms with Gasteiger partial charge in [-0.3, -0.25) is 14.4 Å². The molecule has 0 aromatic carbocycles. The molecule has 1 aromatic rings. The molecule has 1 amide bonds. The van der Waals surface area contributed by atoms with Crippen molar-refractivity contribution in [1.29, 1.82) is 0 Å². The van der Waals surface area contributed by atoms with Crippen LogP contribution < -0.4 is 5.56 Å². The maximum atomic E-state index is 11.9. The first kappa shape index (κ1) is 15.2. The zero-order valence-corrected chi connectivity index (χ0v) is 11.7. The first-order valence-corrected chi connectivity index (χ1v) is 6.65. The van der Waals surface area contributed by atoms with E-state index >= 15 is 0 Å². The number of hydrogen-bond acceptors (Lipinski definition) is 5. The topological polar surface area (TPSA) is 113 Å². The van der Waals surface area contributed by atoms with Crippen molar-refractivity contribution in [3.05, 3.63) is 27.9 Å². The third kappa shape index (κ3) is 4.12. The van der Waals surface area contributed by atoms with E-state index in [1.807, 2.05) is 0 Å². The third-order valence-corrected chi connectivity index (χ3v) is 3.18. The Morgan fingerprint density at radius 3 is 2.95 bits per heavy atom. The molecule has 114 valence electrons. The van der Waals surface area contributed by atoms with Gasteiger partial charge in [0.2, 0.25) is 5.91 Å². The van der Waals surface area contributed by atoms with Gasteiger partial charge in [0.1, 0.15) is 11.9 Å². The summed E-state index contributed by atoms with van der Waals surface area (Å²) in [6, 6.07) is 1.35. The normalized spacial score (nSPS) is 18.5. The number of nitrogens with one attached hydrogen (secondary N) is 1. The summed E-state index contributed by atoms with van der Waals surface area (Å²) in [6.45, 7) is 2.69. The lowest BCUT2D eigenvalue weighted by molar-refractivity contribution is -0.144. The molecule has 1 saturated heterocycles. The number of aromatic amines is 1. The van der Waals surface area contributed by atoms with Gasteiger partial charge in [-0.05, 0) is 6.92 Å². The van der Waals surface area contributed by atoms with E-state index in [0.717, 1.165) is 0 Å². The molecule has 1 aliphatic rings. The second kappa shape index (κ2) is 6.49. The Morgan fingerprint density at radius 2 is 2.29 bits per heavy atom. The molecule has 0 bridgehead atoms. The smallest absolute Gasteiger partial charge is 0.303 e. The lowest BCUT2D eigenvalue weighted by Crippen LogP contribution is -2.42. The van der Waals surface area contributed by atoms with E-state index in [1.54, 1.807) is 11.8 Å². The summed E-state index contributed by atoms with van der Waals surface area (Å²) in [5.74, 6) is -0.747. The van der Waals surface area contributed by atoms with Crippen LogP contribution in [0.5, 0.6) is 0 Å². The van der Waals surface area contributed by atoms with Gasteiger partial charge in [0, 0.05) is 19.0 Å². The van der Waals surface area contributed by atoms with Gasteiger partial charge < -0.3 is 19.7 Å². The number of carboxylic acid groups (broad SMARTS) is 1. The van der Waals surface area contributed by atoms with E-state index in [1.165, 1.54) is 6.07 Å². The number of ether oxygens (including phenoxy) is 1. The average molecular weight is 295 g/mol. The Morgan fingerprint density at radius 1 is 1.52 bits per heavy atom. The molecule has 0 radical (unpaired) electrons. The summed E-state index contributed by atoms with van der Waals surface area (Å²) in [7, 11) is 0. The largest absolute Gasteiger partial charge is 0.481 e. The van der Waals surface area contributed by atoms with Gasteiger partial charge in [0.25, 0.3) is 5.56 Å². The van der Waals surface area contributed by atoms with E-state index in [9.17, 15) is 14.4 Å². The van der Waals surface area contributed by atoms with Crippen LogP contribution in [0.15, 0.2) is 10.9 Å². The van der Waals surface area contributed by atoms with Crippen molar-refractivity contribution in [3.63, 3.8) is 0 Å². The van der Waals surface area contributed by atoms with Crippen LogP contribution in [0.4, 0.5) is 0 Å². The second-order valence-electron chi connectivity index (χ2n) is 4.85. The molecule has 8 nitrogen and oxygen atoms in total. The molecule has 0 saturated carbocycles. The van der Waals surface area contributed by atoms with Gasteiger partial charge in [-0.1, -0.05) is 0 Å². The van der Waals surface area contributed by atoms with Gasteiger partial charge in [-0.25, -0.2) is 4.98 Å². The van der Waals surface area contributed by atoms with E-state index in [4.69, 9.17) is 9.84 Å². The summed E-state index contributed by atoms with van der Waals surface area (Å²) in [5, 5.41) is 8.61. The molecule has 0 aliphatic carbocycles. The van der Waals surface area contributed by atoms with Crippen LogP contribution >= 0.6 is 0 Å². The Balaban J connectivity index is 2.04. The number of carboxylic acids is 1. The molecule has 0 spiro atoms. The molecular weight excluding hydrogens is 278 g/mol. The van der Waals surface area contributed by atoms with Gasteiger partial charge >= 0.3 is 5.97 Å². The Labute approximate surface area is 120 Å². The zero-order valence-electron chi connectivity index (χ0n) is 11.7. The number of rotatable bonds is 4. The lowest BCUT2D eigenvalue weighted by Gasteiger charge is -2.32. The maximum absolute atomic E-state index is 11.9. The number of carbonyl (C=O) groups excluding carboxylic acids is 1. The van der Waals surface area contributed by atoms with Crippen LogP contribution in [0.1, 0.15) is 30.5 Å². The van der Waals surface area contributed by atoms with Crippen molar-refractivity contribution in [1.82, 2.24) is 14.9 Å². The van der Waals surface area contributed by atoms with Crippen molar-refractivity contribution in [2.24, 2.45) is 0 Å². The Kier molecular flexibility index (Phi) is 4.69. The zero-order chi connectivity index (χ0) is 15.4. The monoisotopic (exact) mass is 295 g/mol. The van der Waals surface area contributed by atoms with E-state index < -0.39 is 12.1 Å². The maximum Gasteiger partial charge on any atom is 0.303 e. The number of nitrogens with zero attached hydrogens (tertiary/aromatic N) is 2. The van der Waals surface area contributed by atoms with Crippen molar-refractivity contribution < 1.29 is 19.4 Å². The second-order valence-corrected chi connectivity index (χ2v) is 4.85. The standard InChI is InChI=1S/C13H17N3O5/c1-8-14-9(6-11(17)15-8)10-7-16(4-5-21-10)12(18)2-3-13(19)20/h6,10H,2-5,7H2,1H3,(H,19,20)(H,14,15,17)/t10-/m0/s1. The van der Waals surface area contributed by atoms with Gasteiger partial charge in [-0.15, -0.1) is 0 Å². The minimum Gasteiger partial charge on any atom is -0.481 e. The summed E-state index contributed by atoms with van der Waals surface area (Å²) in [4.78, 5) is 42.2. The fourth-order valence-corrected chi connectivity index (χ4v) is 2.19. The molecule has 1 fully saturated rings. The molecule has 1 aromatic heterocycles. The number of carbonyl (C=O) groups is 2. The Hall–Kier alpha value is -2.22. The summed E-state index contributed by atoms with van der Waals surface area (Å²) < 4.78 is 5.55. The third-order valence-electron chi connectivity index (χ3n) is 3.18. The molecular formula is C13H17N3O5. The van der Waals surface area contributed by atoms with Crippen molar-refractivity contribution in [2.75, 3.05) is 19.7 Å². The summed E-state index contributed by atoms with van der Waals surface area (Å²) in [6.07, 6.45) is -0.693. The number of amides is 1. The van der Waals surface area contributed by atoms with Crippen molar-refractivity contribution in [3.8, 4) is 0 Å². The highest BCUT2D eigenvalue weighted by Gasteiger charge is 2.26. The number of morpholine rings is 1. The first-order valence-electron chi connectivity index (χ1n) is 6.65. The fourth-order valence-electron chi connectivity index (χ4n) is 2.19. The fraction of sp³-hybridized carbons (Fsp3) is 0.538. The molecule has 2 heterocycles. The van der Waals surface area contributed by atoms with Crippen LogP contribution in [0.2, 0.25) is 0 Å². The molecule has 2 rings (SSSR count). The van der Waals surface area contributed by atoms with E-state index in [2.05, 4.69) is 9.97 Å². The molecule has 8 heteroatoms. The summed E-state index contributed by atoms with van der Waals surface area (Å²) in [5.41, 5.74) is 0.211. The molecule has 21 heavy (non-hydrogen) atoms. The van der Waals surface area contributed by atoms with Crippen LogP contribution in [0.3, 0.4) is 0 Å². The Bertz CT molecular complexity index is 598. The van der Waals surface area contributed by atoms with E-state index in [-0.39, 0.29) is 30.9 Å². The number of aryl methyl sites for hydroxylation is 1. The SMILES string of the molecule is Cc1nc([C@@H]2CN(C(=O)CCC(=O)O)CCO2)cc(=O)[nH]1. The highest BCUT2D eigenvalue weighted by atomic mass is 16.5. The lowest BCUT2D eigenvalue weighted by atomic mass is 10.1. The summed E-state index contributed by atoms with van der Waals surface area (Å²) >= 11 is 0. The van der Waals surface area contributed by atoms with Gasteiger partial charge in [0.05, 0.1) is 25.3 Å². The number of hydrogen-bond donors (Lipinski definition) is 2. The van der Waals surface area contributed by atoms with Crippen LogP contribution in [0, 0.1) is 6.92 Å². The predicted octanol–water partition coefficient (Wildman–Crippen LogP) is -0.157. The van der Waals surface area contributed by atoms with Crippen LogP contribution in [0.25, 0.3) is 0 Å². The highest BCUT2D eigenvalue weighted by molar-refractivity contribution is 5.80. The quantitative estimate of drug-likeness (QED) is 0.798. The minimum absolute atomic E-state index is 0.0378. The number of aliphatic carboxylic acids is 1. The average Bonchev–Trinajstić information content (AvgIpc) is 2.44. The molecule has 1 atom stereocenters.